The van der Waals surface area contributed by atoms with Crippen LogP contribution in [0.4, 0.5) is 5.69 Å². The Morgan fingerprint density at radius 3 is 2.08 bits per heavy atom. The number of halogens is 1. The molecule has 1 aromatic heterocycles. The van der Waals surface area contributed by atoms with E-state index >= 15 is 0 Å². The van der Waals surface area contributed by atoms with E-state index < -0.39 is 0 Å². The van der Waals surface area contributed by atoms with E-state index in [0.29, 0.717) is 0 Å². The molecule has 0 aliphatic rings. The number of nitro groups is 1. The molecule has 0 bridgehead atoms. The highest BCUT2D eigenvalue weighted by Crippen LogP contribution is 2.12. The molecule has 0 saturated carbocycles. The summed E-state index contributed by atoms with van der Waals surface area (Å²) in [6.45, 7) is 2.98. The van der Waals surface area contributed by atoms with Crippen molar-refractivity contribution in [2.45, 2.75) is 58.4 Å². The number of aryl methyl sites for hydroxylation is 1. The van der Waals surface area contributed by atoms with Crippen molar-refractivity contribution in [2.24, 2.45) is 0 Å². The lowest BCUT2D eigenvalue weighted by Crippen LogP contribution is -3.00. The van der Waals surface area contributed by atoms with Crippen LogP contribution in [0.5, 0.6) is 0 Å². The summed E-state index contributed by atoms with van der Waals surface area (Å²) < 4.78 is 2.10. The number of aromatic nitrogens is 1. The summed E-state index contributed by atoms with van der Waals surface area (Å²) in [6, 6.07) is 11.1. The number of hydrogen-bond donors (Lipinski definition) is 0. The van der Waals surface area contributed by atoms with E-state index in [1.807, 2.05) is 12.1 Å². The van der Waals surface area contributed by atoms with Crippen molar-refractivity contribution in [3.05, 3.63) is 70.0 Å². The van der Waals surface area contributed by atoms with Crippen LogP contribution in [-0.2, 0) is 13.0 Å². The van der Waals surface area contributed by atoms with E-state index in [1.54, 1.807) is 12.1 Å². The van der Waals surface area contributed by atoms with Crippen molar-refractivity contribution < 1.29 is 21.9 Å². The summed E-state index contributed by atoms with van der Waals surface area (Å²) in [4.78, 5) is 10.3. The first kappa shape index (κ1) is 21.1. The van der Waals surface area contributed by atoms with Crippen LogP contribution in [0.1, 0.15) is 56.6 Å². The van der Waals surface area contributed by atoms with Gasteiger partial charge in [0.25, 0.3) is 5.69 Å². The van der Waals surface area contributed by atoms with E-state index in [0.717, 1.165) is 18.5 Å². The summed E-state index contributed by atoms with van der Waals surface area (Å²) >= 11 is 0. The second-order valence-corrected chi connectivity index (χ2v) is 6.32. The van der Waals surface area contributed by atoms with Crippen LogP contribution in [0.2, 0.25) is 0 Å². The zero-order valence-electron chi connectivity index (χ0n) is 14.9. The van der Waals surface area contributed by atoms with Crippen LogP contribution in [0.25, 0.3) is 0 Å². The predicted molar refractivity (Wildman–Crippen MR) is 95.9 cm³/mol. The Bertz CT molecular complexity index is 627. The molecule has 0 fully saturated rings. The fourth-order valence-electron chi connectivity index (χ4n) is 2.80. The Labute approximate surface area is 156 Å². The maximum Gasteiger partial charge on any atom is 0.269 e. The number of hydrogen-bond acceptors (Lipinski definition) is 2. The predicted octanol–water partition coefficient (Wildman–Crippen LogP) is 1.84. The lowest BCUT2D eigenvalue weighted by molar-refractivity contribution is -0.688. The van der Waals surface area contributed by atoms with E-state index in [9.17, 15) is 10.1 Å². The van der Waals surface area contributed by atoms with Crippen molar-refractivity contribution in [3.8, 4) is 0 Å². The third-order valence-corrected chi connectivity index (χ3v) is 4.29. The van der Waals surface area contributed by atoms with Gasteiger partial charge in [0.05, 0.1) is 4.92 Å². The van der Waals surface area contributed by atoms with Gasteiger partial charge in [0.15, 0.2) is 18.9 Å². The first-order chi connectivity index (χ1) is 11.7. The normalized spacial score (nSPS) is 10.3. The largest absolute Gasteiger partial charge is 1.00 e. The second kappa shape index (κ2) is 11.6. The lowest BCUT2D eigenvalue weighted by Gasteiger charge is -2.02. The fraction of sp³-hybridized carbons (Fsp3) is 0.450. The molecule has 1 heterocycles. The molecule has 0 N–H and O–H groups in total. The third-order valence-electron chi connectivity index (χ3n) is 4.29. The van der Waals surface area contributed by atoms with Gasteiger partial charge >= 0.3 is 0 Å². The standard InChI is InChI=1S/C20H27N2O2.ClH/c1-2-3-4-5-6-7-8-18-13-15-21(16-14-18)17-19-9-11-20(12-10-19)22(23)24;/h9-16H,2-8,17H2,1H3;1H/q+1;/p-1. The highest BCUT2D eigenvalue weighted by Gasteiger charge is 2.07. The first-order valence-electron chi connectivity index (χ1n) is 8.90. The number of nitrogens with zero attached hydrogens (tertiary/aromatic N) is 2. The van der Waals surface area contributed by atoms with Gasteiger partial charge in [0, 0.05) is 29.8 Å². The van der Waals surface area contributed by atoms with Gasteiger partial charge in [-0.05, 0) is 30.5 Å². The Hall–Kier alpha value is -1.94. The van der Waals surface area contributed by atoms with E-state index in [4.69, 9.17) is 0 Å². The molecule has 0 saturated heterocycles. The van der Waals surface area contributed by atoms with Crippen molar-refractivity contribution in [2.75, 3.05) is 0 Å². The molecule has 0 aliphatic heterocycles. The van der Waals surface area contributed by atoms with Gasteiger partial charge in [-0.15, -0.1) is 0 Å². The molecule has 1 aromatic carbocycles. The number of pyridine rings is 1. The topological polar surface area (TPSA) is 47.0 Å². The monoisotopic (exact) mass is 362 g/mol. The maximum atomic E-state index is 10.7. The summed E-state index contributed by atoms with van der Waals surface area (Å²) in [6.07, 6.45) is 13.3. The van der Waals surface area contributed by atoms with Crippen LogP contribution in [-0.4, -0.2) is 4.92 Å². The minimum Gasteiger partial charge on any atom is -1.00 e. The van der Waals surface area contributed by atoms with Crippen LogP contribution < -0.4 is 17.0 Å². The number of non-ortho nitro benzene ring substituents is 1. The molecule has 4 nitrogen and oxygen atoms in total. The lowest BCUT2D eigenvalue weighted by atomic mass is 10.1. The minimum atomic E-state index is -0.367. The molecule has 0 atom stereocenters. The molecule has 25 heavy (non-hydrogen) atoms. The van der Waals surface area contributed by atoms with Crippen LogP contribution in [0.3, 0.4) is 0 Å². The summed E-state index contributed by atoms with van der Waals surface area (Å²) in [5, 5.41) is 10.7. The molecule has 2 aromatic rings. The summed E-state index contributed by atoms with van der Waals surface area (Å²) in [5.41, 5.74) is 2.58. The molecular weight excluding hydrogens is 336 g/mol. The summed E-state index contributed by atoms with van der Waals surface area (Å²) in [5.74, 6) is 0. The van der Waals surface area contributed by atoms with Crippen LogP contribution in [0.15, 0.2) is 48.8 Å². The molecular formula is C20H27ClN2O2. The van der Waals surface area contributed by atoms with E-state index in [1.165, 1.54) is 44.1 Å². The number of unbranched alkanes of at least 4 members (excludes halogenated alkanes) is 5. The van der Waals surface area contributed by atoms with E-state index in [2.05, 4.69) is 36.0 Å². The molecule has 2 rings (SSSR count). The average molecular weight is 363 g/mol. The van der Waals surface area contributed by atoms with Crippen LogP contribution in [0, 0.1) is 10.1 Å². The Morgan fingerprint density at radius 2 is 1.48 bits per heavy atom. The van der Waals surface area contributed by atoms with Gasteiger partial charge in [0.2, 0.25) is 0 Å². The SMILES string of the molecule is CCCCCCCCc1cc[n+](Cc2ccc([N+](=O)[O-])cc2)cc1.[Cl-]. The average Bonchev–Trinajstić information content (AvgIpc) is 2.60. The van der Waals surface area contributed by atoms with Crippen molar-refractivity contribution in [1.82, 2.24) is 0 Å². The van der Waals surface area contributed by atoms with Gasteiger partial charge in [-0.1, -0.05) is 39.0 Å². The highest BCUT2D eigenvalue weighted by molar-refractivity contribution is 5.32. The Morgan fingerprint density at radius 1 is 0.880 bits per heavy atom. The molecule has 0 radical (unpaired) electrons. The zero-order valence-corrected chi connectivity index (χ0v) is 15.6. The fourth-order valence-corrected chi connectivity index (χ4v) is 2.80. The quantitative estimate of drug-likeness (QED) is 0.280. The van der Waals surface area contributed by atoms with Gasteiger partial charge in [-0.25, -0.2) is 4.57 Å². The van der Waals surface area contributed by atoms with Gasteiger partial charge in [0.1, 0.15) is 0 Å². The Kier molecular flexibility index (Phi) is 9.78. The maximum absolute atomic E-state index is 10.7. The highest BCUT2D eigenvalue weighted by atomic mass is 35.5. The van der Waals surface area contributed by atoms with Crippen molar-refractivity contribution >= 4 is 5.69 Å². The first-order valence-corrected chi connectivity index (χ1v) is 8.90. The Balaban J connectivity index is 0.00000312. The number of rotatable bonds is 10. The van der Waals surface area contributed by atoms with Crippen molar-refractivity contribution in [3.63, 3.8) is 0 Å². The number of benzene rings is 1. The number of nitro benzene ring substituents is 1. The molecule has 0 aliphatic carbocycles. The van der Waals surface area contributed by atoms with Crippen molar-refractivity contribution in [1.29, 1.82) is 0 Å². The van der Waals surface area contributed by atoms with E-state index in [-0.39, 0.29) is 23.0 Å². The molecule has 0 amide bonds. The molecule has 5 heteroatoms. The van der Waals surface area contributed by atoms with Gasteiger partial charge < -0.3 is 12.4 Å². The molecule has 0 spiro atoms. The molecule has 136 valence electrons. The minimum absolute atomic E-state index is 0. The summed E-state index contributed by atoms with van der Waals surface area (Å²) in [7, 11) is 0. The zero-order chi connectivity index (χ0) is 17.2. The van der Waals surface area contributed by atoms with Crippen LogP contribution >= 0.6 is 0 Å². The third kappa shape index (κ3) is 7.65. The van der Waals surface area contributed by atoms with Gasteiger partial charge in [-0.3, -0.25) is 10.1 Å². The molecule has 0 unspecified atom stereocenters. The smallest absolute Gasteiger partial charge is 0.269 e. The second-order valence-electron chi connectivity index (χ2n) is 6.32. The van der Waals surface area contributed by atoms with Gasteiger partial charge in [-0.2, -0.15) is 0 Å².